The molecule has 2 rings (SSSR count). The molecule has 0 spiro atoms. The van der Waals surface area contributed by atoms with Crippen LogP contribution in [0.15, 0.2) is 41.7 Å². The van der Waals surface area contributed by atoms with Gasteiger partial charge in [0.25, 0.3) is 0 Å². The SMILES string of the molecule is CN=C(NCc1nccn1CC(C)C)NCC(C)Oc1ccc(F)cc1.I. The van der Waals surface area contributed by atoms with Crippen molar-refractivity contribution in [3.8, 4) is 5.75 Å². The van der Waals surface area contributed by atoms with E-state index in [1.54, 1.807) is 19.2 Å². The van der Waals surface area contributed by atoms with E-state index in [1.165, 1.54) is 12.1 Å². The van der Waals surface area contributed by atoms with E-state index in [0.717, 1.165) is 12.4 Å². The van der Waals surface area contributed by atoms with Gasteiger partial charge in [0, 0.05) is 26.0 Å². The fourth-order valence-electron chi connectivity index (χ4n) is 2.48. The van der Waals surface area contributed by atoms with Gasteiger partial charge in [0.1, 0.15) is 23.5 Å². The summed E-state index contributed by atoms with van der Waals surface area (Å²) in [5.74, 6) is 2.57. The van der Waals surface area contributed by atoms with Gasteiger partial charge in [-0.05, 0) is 37.1 Å². The molecular formula is C19H29FIN5O. The van der Waals surface area contributed by atoms with Crippen LogP contribution in [0.4, 0.5) is 4.39 Å². The smallest absolute Gasteiger partial charge is 0.191 e. The molecule has 1 aromatic heterocycles. The number of imidazole rings is 1. The summed E-state index contributed by atoms with van der Waals surface area (Å²) < 4.78 is 20.8. The van der Waals surface area contributed by atoms with Crippen LogP contribution in [0.3, 0.4) is 0 Å². The molecule has 1 aromatic carbocycles. The molecule has 2 N–H and O–H groups in total. The average molecular weight is 489 g/mol. The lowest BCUT2D eigenvalue weighted by molar-refractivity contribution is 0.223. The second-order valence-electron chi connectivity index (χ2n) is 6.58. The number of rotatable bonds is 8. The van der Waals surface area contributed by atoms with Crippen LogP contribution in [0, 0.1) is 11.7 Å². The Hall–Kier alpha value is -1.84. The molecule has 0 aliphatic carbocycles. The van der Waals surface area contributed by atoms with Gasteiger partial charge in [-0.2, -0.15) is 0 Å². The predicted octanol–water partition coefficient (Wildman–Crippen LogP) is 3.43. The molecular weight excluding hydrogens is 460 g/mol. The molecule has 2 aromatic rings. The maximum absolute atomic E-state index is 12.9. The Labute approximate surface area is 177 Å². The minimum absolute atomic E-state index is 0. The Morgan fingerprint density at radius 3 is 2.56 bits per heavy atom. The van der Waals surface area contributed by atoms with Gasteiger partial charge in [-0.25, -0.2) is 9.37 Å². The van der Waals surface area contributed by atoms with E-state index in [-0.39, 0.29) is 35.9 Å². The van der Waals surface area contributed by atoms with Gasteiger partial charge in [-0.1, -0.05) is 13.8 Å². The second-order valence-corrected chi connectivity index (χ2v) is 6.58. The van der Waals surface area contributed by atoms with Gasteiger partial charge in [-0.3, -0.25) is 4.99 Å². The molecule has 150 valence electrons. The number of nitrogens with one attached hydrogen (secondary N) is 2. The van der Waals surface area contributed by atoms with Crippen molar-refractivity contribution in [2.45, 2.75) is 40.0 Å². The molecule has 1 unspecified atom stereocenters. The van der Waals surface area contributed by atoms with Gasteiger partial charge in [0.2, 0.25) is 0 Å². The van der Waals surface area contributed by atoms with Gasteiger partial charge in [-0.15, -0.1) is 24.0 Å². The first-order chi connectivity index (χ1) is 12.5. The van der Waals surface area contributed by atoms with Crippen molar-refractivity contribution in [3.05, 3.63) is 48.3 Å². The molecule has 8 heteroatoms. The third-order valence-electron chi connectivity index (χ3n) is 3.71. The van der Waals surface area contributed by atoms with Crippen molar-refractivity contribution < 1.29 is 9.13 Å². The largest absolute Gasteiger partial charge is 0.489 e. The Kier molecular flexibility index (Phi) is 10.1. The molecule has 6 nitrogen and oxygen atoms in total. The minimum Gasteiger partial charge on any atom is -0.489 e. The Morgan fingerprint density at radius 1 is 1.22 bits per heavy atom. The molecule has 0 saturated heterocycles. The summed E-state index contributed by atoms with van der Waals surface area (Å²) >= 11 is 0. The van der Waals surface area contributed by atoms with E-state index in [4.69, 9.17) is 4.74 Å². The summed E-state index contributed by atoms with van der Waals surface area (Å²) in [5, 5.41) is 6.49. The molecule has 0 amide bonds. The Morgan fingerprint density at radius 2 is 1.93 bits per heavy atom. The minimum atomic E-state index is -0.274. The van der Waals surface area contributed by atoms with E-state index >= 15 is 0 Å². The summed E-state index contributed by atoms with van der Waals surface area (Å²) in [6.45, 7) is 8.40. The van der Waals surface area contributed by atoms with Gasteiger partial charge in [0.15, 0.2) is 5.96 Å². The van der Waals surface area contributed by atoms with Crippen molar-refractivity contribution in [2.75, 3.05) is 13.6 Å². The molecule has 0 aliphatic rings. The zero-order valence-electron chi connectivity index (χ0n) is 16.3. The zero-order chi connectivity index (χ0) is 18.9. The number of aliphatic imine (C=N–C) groups is 1. The number of guanidine groups is 1. The van der Waals surface area contributed by atoms with Crippen LogP contribution >= 0.6 is 24.0 Å². The van der Waals surface area contributed by atoms with Crippen LogP contribution in [0.2, 0.25) is 0 Å². The van der Waals surface area contributed by atoms with E-state index in [0.29, 0.717) is 30.7 Å². The Balaban J connectivity index is 0.00000364. The fraction of sp³-hybridized carbons (Fsp3) is 0.474. The third-order valence-corrected chi connectivity index (χ3v) is 3.71. The number of benzene rings is 1. The van der Waals surface area contributed by atoms with Crippen molar-refractivity contribution in [1.29, 1.82) is 0 Å². The summed E-state index contributed by atoms with van der Waals surface area (Å²) in [7, 11) is 1.72. The van der Waals surface area contributed by atoms with Crippen molar-refractivity contribution in [3.63, 3.8) is 0 Å². The van der Waals surface area contributed by atoms with E-state index in [1.807, 2.05) is 19.3 Å². The van der Waals surface area contributed by atoms with Crippen molar-refractivity contribution in [2.24, 2.45) is 10.9 Å². The number of ether oxygens (including phenoxy) is 1. The first-order valence-electron chi connectivity index (χ1n) is 8.84. The first-order valence-corrected chi connectivity index (χ1v) is 8.84. The van der Waals surface area contributed by atoms with Crippen molar-refractivity contribution >= 4 is 29.9 Å². The molecule has 0 aliphatic heterocycles. The molecule has 1 atom stereocenters. The lowest BCUT2D eigenvalue weighted by Gasteiger charge is -2.18. The average Bonchev–Trinajstić information content (AvgIpc) is 3.03. The van der Waals surface area contributed by atoms with Crippen LogP contribution in [0.25, 0.3) is 0 Å². The quantitative estimate of drug-likeness (QED) is 0.339. The number of hydrogen-bond acceptors (Lipinski definition) is 3. The highest BCUT2D eigenvalue weighted by atomic mass is 127. The van der Waals surface area contributed by atoms with Crippen LogP contribution in [0.5, 0.6) is 5.75 Å². The molecule has 0 bridgehead atoms. The lowest BCUT2D eigenvalue weighted by Crippen LogP contribution is -2.41. The topological polar surface area (TPSA) is 63.5 Å². The van der Waals surface area contributed by atoms with Crippen LogP contribution in [-0.4, -0.2) is 35.2 Å². The maximum atomic E-state index is 12.9. The number of halogens is 2. The highest BCUT2D eigenvalue weighted by Crippen LogP contribution is 2.12. The fourth-order valence-corrected chi connectivity index (χ4v) is 2.48. The van der Waals surface area contributed by atoms with Gasteiger partial charge >= 0.3 is 0 Å². The molecule has 0 fully saturated rings. The van der Waals surface area contributed by atoms with Crippen LogP contribution in [-0.2, 0) is 13.1 Å². The normalized spacial score (nSPS) is 12.4. The van der Waals surface area contributed by atoms with Crippen LogP contribution < -0.4 is 15.4 Å². The first kappa shape index (κ1) is 23.2. The standard InChI is InChI=1S/C19H28FN5O.HI/c1-14(2)13-25-10-9-22-18(25)12-24-19(21-4)23-11-15(3)26-17-7-5-16(20)6-8-17;/h5-10,14-15H,11-13H2,1-4H3,(H2,21,23,24);1H. The van der Waals surface area contributed by atoms with Gasteiger partial charge < -0.3 is 19.9 Å². The van der Waals surface area contributed by atoms with Crippen molar-refractivity contribution in [1.82, 2.24) is 20.2 Å². The number of nitrogens with zero attached hydrogens (tertiary/aromatic N) is 3. The summed E-state index contributed by atoms with van der Waals surface area (Å²) in [4.78, 5) is 8.62. The number of hydrogen-bond donors (Lipinski definition) is 2. The highest BCUT2D eigenvalue weighted by molar-refractivity contribution is 14.0. The summed E-state index contributed by atoms with van der Waals surface area (Å²) in [6.07, 6.45) is 3.71. The molecule has 1 heterocycles. The van der Waals surface area contributed by atoms with Gasteiger partial charge in [0.05, 0.1) is 13.1 Å². The molecule has 0 radical (unpaired) electrons. The Bertz CT molecular complexity index is 702. The maximum Gasteiger partial charge on any atom is 0.191 e. The summed E-state index contributed by atoms with van der Waals surface area (Å²) in [5.41, 5.74) is 0. The number of aromatic nitrogens is 2. The predicted molar refractivity (Wildman–Crippen MR) is 117 cm³/mol. The van der Waals surface area contributed by atoms with Crippen LogP contribution in [0.1, 0.15) is 26.6 Å². The summed E-state index contributed by atoms with van der Waals surface area (Å²) in [6, 6.07) is 6.01. The molecule has 0 saturated carbocycles. The zero-order valence-corrected chi connectivity index (χ0v) is 18.6. The molecule has 27 heavy (non-hydrogen) atoms. The monoisotopic (exact) mass is 489 g/mol. The van der Waals surface area contributed by atoms with E-state index in [2.05, 4.69) is 39.0 Å². The second kappa shape index (κ2) is 11.8. The van der Waals surface area contributed by atoms with E-state index < -0.39 is 0 Å². The lowest BCUT2D eigenvalue weighted by atomic mass is 10.2. The highest BCUT2D eigenvalue weighted by Gasteiger charge is 2.08. The van der Waals surface area contributed by atoms with E-state index in [9.17, 15) is 4.39 Å². The third kappa shape index (κ3) is 8.15.